The van der Waals surface area contributed by atoms with Crippen LogP contribution in [0.5, 0.6) is 0 Å². The van der Waals surface area contributed by atoms with Gasteiger partial charge in [-0.25, -0.2) is 17.8 Å². The minimum absolute atomic E-state index is 0.104. The highest BCUT2D eigenvalue weighted by Gasteiger charge is 2.28. The third-order valence-corrected chi connectivity index (χ3v) is 5.06. The summed E-state index contributed by atoms with van der Waals surface area (Å²) in [5.41, 5.74) is 0. The second-order valence-corrected chi connectivity index (χ2v) is 7.11. The third-order valence-electron chi connectivity index (χ3n) is 3.38. The van der Waals surface area contributed by atoms with Gasteiger partial charge in [0.25, 0.3) is 0 Å². The lowest BCUT2D eigenvalue weighted by atomic mass is 9.95. The van der Waals surface area contributed by atoms with E-state index >= 15 is 0 Å². The maximum absolute atomic E-state index is 13.4. The van der Waals surface area contributed by atoms with Crippen molar-refractivity contribution in [2.24, 2.45) is 0 Å². The van der Waals surface area contributed by atoms with Crippen LogP contribution in [-0.4, -0.2) is 30.9 Å². The lowest BCUT2D eigenvalue weighted by Crippen LogP contribution is -2.32. The predicted molar refractivity (Wildman–Crippen MR) is 68.7 cm³/mol. The van der Waals surface area contributed by atoms with Crippen molar-refractivity contribution >= 4 is 15.7 Å². The van der Waals surface area contributed by atoms with E-state index in [2.05, 4.69) is 10.3 Å². The number of halogens is 1. The summed E-state index contributed by atoms with van der Waals surface area (Å²) < 4.78 is 36.2. The summed E-state index contributed by atoms with van der Waals surface area (Å²) >= 11 is 0. The molecule has 6 heteroatoms. The standard InChI is InChI=1S/C12H17FN2O2S/c1-18(16,17)10-6-4-9(5-7-10)15-12-11(13)3-2-8-14-12/h2-3,8-10H,4-7H2,1H3,(H,14,15). The van der Waals surface area contributed by atoms with E-state index < -0.39 is 9.84 Å². The Morgan fingerprint density at radius 3 is 2.56 bits per heavy atom. The van der Waals surface area contributed by atoms with E-state index in [1.165, 1.54) is 18.5 Å². The first kappa shape index (κ1) is 13.3. The molecule has 0 aromatic carbocycles. The molecule has 1 saturated carbocycles. The Labute approximate surface area is 107 Å². The van der Waals surface area contributed by atoms with Crippen LogP contribution in [-0.2, 0) is 9.84 Å². The van der Waals surface area contributed by atoms with Crippen LogP contribution in [0, 0.1) is 5.82 Å². The van der Waals surface area contributed by atoms with Crippen LogP contribution < -0.4 is 5.32 Å². The Bertz CT molecular complexity index is 511. The van der Waals surface area contributed by atoms with Gasteiger partial charge in [0.05, 0.1) is 5.25 Å². The quantitative estimate of drug-likeness (QED) is 0.914. The first-order chi connectivity index (χ1) is 8.47. The summed E-state index contributed by atoms with van der Waals surface area (Å²) in [6.07, 6.45) is 5.54. The average Bonchev–Trinajstić information content (AvgIpc) is 2.32. The van der Waals surface area contributed by atoms with Crippen molar-refractivity contribution in [2.45, 2.75) is 37.0 Å². The van der Waals surface area contributed by atoms with Gasteiger partial charge in [-0.15, -0.1) is 0 Å². The minimum atomic E-state index is -2.95. The zero-order valence-corrected chi connectivity index (χ0v) is 11.1. The van der Waals surface area contributed by atoms with E-state index in [0.29, 0.717) is 12.8 Å². The number of hydrogen-bond acceptors (Lipinski definition) is 4. The largest absolute Gasteiger partial charge is 0.365 e. The maximum Gasteiger partial charge on any atom is 0.165 e. The summed E-state index contributed by atoms with van der Waals surface area (Å²) in [6, 6.07) is 3.01. The Hall–Kier alpha value is -1.17. The fourth-order valence-corrected chi connectivity index (χ4v) is 3.45. The van der Waals surface area contributed by atoms with Gasteiger partial charge in [-0.3, -0.25) is 0 Å². The number of rotatable bonds is 3. The summed E-state index contributed by atoms with van der Waals surface area (Å²) in [5.74, 6) is -0.122. The molecule has 0 unspecified atom stereocenters. The van der Waals surface area contributed by atoms with Gasteiger partial charge in [0.15, 0.2) is 11.6 Å². The van der Waals surface area contributed by atoms with Gasteiger partial charge in [-0.05, 0) is 37.8 Å². The second kappa shape index (κ2) is 5.22. The first-order valence-electron chi connectivity index (χ1n) is 6.03. The fourth-order valence-electron chi connectivity index (χ4n) is 2.32. The lowest BCUT2D eigenvalue weighted by molar-refractivity contribution is 0.450. The first-order valence-corrected chi connectivity index (χ1v) is 7.98. The van der Waals surface area contributed by atoms with E-state index in [1.807, 2.05) is 0 Å². The fraction of sp³-hybridized carbons (Fsp3) is 0.583. The van der Waals surface area contributed by atoms with Gasteiger partial charge in [0.1, 0.15) is 9.84 Å². The molecule has 1 heterocycles. The van der Waals surface area contributed by atoms with Gasteiger partial charge < -0.3 is 5.32 Å². The SMILES string of the molecule is CS(=O)(=O)C1CCC(Nc2ncccc2F)CC1. The minimum Gasteiger partial charge on any atom is -0.365 e. The lowest BCUT2D eigenvalue weighted by Gasteiger charge is -2.28. The van der Waals surface area contributed by atoms with Crippen LogP contribution in [0.3, 0.4) is 0 Å². The summed E-state index contributed by atoms with van der Waals surface area (Å²) in [7, 11) is -2.95. The molecule has 0 aliphatic heterocycles. The second-order valence-electron chi connectivity index (χ2n) is 4.78. The van der Waals surface area contributed by atoms with E-state index in [4.69, 9.17) is 0 Å². The Kier molecular flexibility index (Phi) is 3.85. The molecular weight excluding hydrogens is 255 g/mol. The van der Waals surface area contributed by atoms with Gasteiger partial charge in [-0.2, -0.15) is 0 Å². The molecule has 1 aliphatic carbocycles. The van der Waals surface area contributed by atoms with Crippen molar-refractivity contribution in [1.82, 2.24) is 4.98 Å². The van der Waals surface area contributed by atoms with Gasteiger partial charge >= 0.3 is 0 Å². The Balaban J connectivity index is 1.94. The molecule has 0 atom stereocenters. The van der Waals surface area contributed by atoms with Gasteiger partial charge in [-0.1, -0.05) is 0 Å². The molecule has 0 saturated heterocycles. The predicted octanol–water partition coefficient (Wildman–Crippen LogP) is 1.99. The molecule has 1 fully saturated rings. The van der Waals surface area contributed by atoms with E-state index in [-0.39, 0.29) is 22.9 Å². The molecule has 0 bridgehead atoms. The van der Waals surface area contributed by atoms with Crippen molar-refractivity contribution in [3.63, 3.8) is 0 Å². The molecule has 1 aliphatic rings. The molecule has 100 valence electrons. The van der Waals surface area contributed by atoms with Crippen molar-refractivity contribution < 1.29 is 12.8 Å². The molecule has 2 rings (SSSR count). The summed E-state index contributed by atoms with van der Waals surface area (Å²) in [4.78, 5) is 3.94. The molecular formula is C12H17FN2O2S. The van der Waals surface area contributed by atoms with Crippen LogP contribution in [0.25, 0.3) is 0 Å². The molecule has 18 heavy (non-hydrogen) atoms. The van der Waals surface area contributed by atoms with Gasteiger partial charge in [0, 0.05) is 18.5 Å². The van der Waals surface area contributed by atoms with Crippen molar-refractivity contribution in [3.8, 4) is 0 Å². The number of nitrogens with one attached hydrogen (secondary N) is 1. The Morgan fingerprint density at radius 1 is 1.33 bits per heavy atom. The van der Waals surface area contributed by atoms with Crippen molar-refractivity contribution in [2.75, 3.05) is 11.6 Å². The van der Waals surface area contributed by atoms with Crippen molar-refractivity contribution in [3.05, 3.63) is 24.1 Å². The maximum atomic E-state index is 13.4. The van der Waals surface area contributed by atoms with Crippen LogP contribution in [0.15, 0.2) is 18.3 Å². The van der Waals surface area contributed by atoms with Crippen LogP contribution in [0.2, 0.25) is 0 Å². The summed E-state index contributed by atoms with van der Waals surface area (Å²) in [6.45, 7) is 0. The molecule has 0 radical (unpaired) electrons. The van der Waals surface area contributed by atoms with E-state index in [0.717, 1.165) is 12.8 Å². The monoisotopic (exact) mass is 272 g/mol. The van der Waals surface area contributed by atoms with Crippen LogP contribution >= 0.6 is 0 Å². The molecule has 1 aromatic rings. The number of anilines is 1. The zero-order valence-electron chi connectivity index (χ0n) is 10.3. The number of sulfone groups is 1. The Morgan fingerprint density at radius 2 is 2.00 bits per heavy atom. The smallest absolute Gasteiger partial charge is 0.165 e. The third kappa shape index (κ3) is 3.19. The normalized spacial score (nSPS) is 24.8. The average molecular weight is 272 g/mol. The number of pyridine rings is 1. The number of aromatic nitrogens is 1. The molecule has 4 nitrogen and oxygen atoms in total. The topological polar surface area (TPSA) is 59.1 Å². The number of hydrogen-bond donors (Lipinski definition) is 1. The zero-order chi connectivity index (χ0) is 13.2. The van der Waals surface area contributed by atoms with Crippen molar-refractivity contribution in [1.29, 1.82) is 0 Å². The molecule has 0 spiro atoms. The molecule has 1 N–H and O–H groups in total. The van der Waals surface area contributed by atoms with Crippen LogP contribution in [0.4, 0.5) is 10.2 Å². The van der Waals surface area contributed by atoms with E-state index in [9.17, 15) is 12.8 Å². The summed E-state index contributed by atoms with van der Waals surface area (Å²) in [5, 5.41) is 2.79. The highest BCUT2D eigenvalue weighted by Crippen LogP contribution is 2.26. The highest BCUT2D eigenvalue weighted by molar-refractivity contribution is 7.91. The highest BCUT2D eigenvalue weighted by atomic mass is 32.2. The van der Waals surface area contributed by atoms with E-state index in [1.54, 1.807) is 6.07 Å². The van der Waals surface area contributed by atoms with Crippen LogP contribution in [0.1, 0.15) is 25.7 Å². The molecule has 1 aromatic heterocycles. The van der Waals surface area contributed by atoms with Gasteiger partial charge in [0.2, 0.25) is 0 Å². The molecule has 0 amide bonds. The number of nitrogens with zero attached hydrogens (tertiary/aromatic N) is 1.